The van der Waals surface area contributed by atoms with Gasteiger partial charge in [-0.2, -0.15) is 0 Å². The predicted molar refractivity (Wildman–Crippen MR) is 104 cm³/mol. The molecule has 1 aromatic rings. The highest BCUT2D eigenvalue weighted by atomic mass is 32.1. The molecule has 1 aromatic carbocycles. The summed E-state index contributed by atoms with van der Waals surface area (Å²) in [6.07, 6.45) is 15.9. The van der Waals surface area contributed by atoms with Crippen LogP contribution in [0.5, 0.6) is 0 Å². The van der Waals surface area contributed by atoms with Gasteiger partial charge in [0, 0.05) is 0 Å². The Labute approximate surface area is 148 Å². The lowest BCUT2D eigenvalue weighted by molar-refractivity contribution is 0.302. The Bertz CT molecular complexity index is 415. The van der Waals surface area contributed by atoms with E-state index in [0.717, 1.165) is 11.8 Å². The summed E-state index contributed by atoms with van der Waals surface area (Å²) < 4.78 is 0. The third kappa shape index (κ3) is 9.03. The highest BCUT2D eigenvalue weighted by molar-refractivity contribution is 7.78. The fraction of sp³-hybridized carbons (Fsp3) is 0.667. The molecule has 0 bridgehead atoms. The average Bonchev–Trinajstić information content (AvgIpc) is 2.60. The summed E-state index contributed by atoms with van der Waals surface area (Å²) in [7, 11) is 0. The summed E-state index contributed by atoms with van der Waals surface area (Å²) in [4.78, 5) is 0. The quantitative estimate of drug-likeness (QED) is 0.300. The maximum atomic E-state index is 5.77. The minimum absolute atomic E-state index is 0.844. The molecule has 0 unspecified atom stereocenters. The Kier molecular flexibility index (Phi) is 11.7. The van der Waals surface area contributed by atoms with E-state index in [1.54, 1.807) is 10.7 Å². The monoisotopic (exact) mass is 331 g/mol. The maximum Gasteiger partial charge on any atom is 0.0554 e. The largest absolute Gasteiger partial charge is 0.248 e. The lowest BCUT2D eigenvalue weighted by Crippen LogP contribution is -2.13. The molecule has 0 spiro atoms. The van der Waals surface area contributed by atoms with E-state index in [1.165, 1.54) is 70.6 Å². The molecule has 0 radical (unpaired) electrons. The first kappa shape index (κ1) is 20.1. The van der Waals surface area contributed by atoms with E-state index in [2.05, 4.69) is 49.5 Å². The van der Waals surface area contributed by atoms with Crippen LogP contribution in [0.4, 0.5) is 0 Å². The van der Waals surface area contributed by atoms with Crippen LogP contribution in [0, 0.1) is 11.3 Å². The molecule has 2 heteroatoms. The van der Waals surface area contributed by atoms with Crippen LogP contribution in [0.3, 0.4) is 0 Å². The fourth-order valence-electron chi connectivity index (χ4n) is 3.72. The first-order chi connectivity index (χ1) is 11.3. The Balaban J connectivity index is 0.000000816. The number of unbranched alkanes of at least 4 members (excludes halogenated alkanes) is 5. The molecule has 0 saturated heterocycles. The number of benzene rings is 1. The van der Waals surface area contributed by atoms with Gasteiger partial charge < -0.3 is 0 Å². The Morgan fingerprint density at radius 2 is 1.52 bits per heavy atom. The van der Waals surface area contributed by atoms with Crippen LogP contribution >= 0.6 is 12.2 Å². The molecule has 1 nitrogen and oxygen atoms in total. The van der Waals surface area contributed by atoms with Crippen molar-refractivity contribution in [2.45, 2.75) is 83.5 Å². The van der Waals surface area contributed by atoms with Crippen molar-refractivity contribution >= 4 is 17.4 Å². The molecule has 0 atom stereocenters. The van der Waals surface area contributed by atoms with Crippen molar-refractivity contribution in [2.75, 3.05) is 0 Å². The topological polar surface area (TPSA) is 23.9 Å². The maximum absolute atomic E-state index is 5.77. The van der Waals surface area contributed by atoms with Crippen molar-refractivity contribution in [1.29, 1.82) is 5.41 Å². The smallest absolute Gasteiger partial charge is 0.0554 e. The molecule has 0 aliphatic heterocycles. The standard InChI is InChI=1S/C20H32.CHNS/c1-2-3-4-5-6-8-11-18-14-16-20(17-15-18)19-12-9-7-10-13-19;2-1-3/h7,9-10,12-13,18,20H,2-6,8,11,14-17H2,1H3;2H. The van der Waals surface area contributed by atoms with E-state index in [1.807, 2.05) is 0 Å². The third-order valence-corrected chi connectivity index (χ3v) is 5.08. The molecule has 0 amide bonds. The molecule has 1 fully saturated rings. The number of nitrogens with one attached hydrogen (secondary N) is 1. The van der Waals surface area contributed by atoms with Gasteiger partial charge in [-0.3, -0.25) is 0 Å². The molecule has 1 aliphatic carbocycles. The predicted octanol–water partition coefficient (Wildman–Crippen LogP) is 7.38. The minimum atomic E-state index is 0.844. The fourth-order valence-corrected chi connectivity index (χ4v) is 3.72. The Morgan fingerprint density at radius 3 is 2.13 bits per heavy atom. The molecular formula is C21H33NS. The van der Waals surface area contributed by atoms with Gasteiger partial charge in [0.25, 0.3) is 0 Å². The van der Waals surface area contributed by atoms with Crippen LogP contribution in [-0.4, -0.2) is 5.16 Å². The summed E-state index contributed by atoms with van der Waals surface area (Å²) in [6, 6.07) is 11.2. The molecular weight excluding hydrogens is 298 g/mol. The normalized spacial score (nSPS) is 20.2. The van der Waals surface area contributed by atoms with Crippen molar-refractivity contribution in [3.63, 3.8) is 0 Å². The van der Waals surface area contributed by atoms with E-state index >= 15 is 0 Å². The van der Waals surface area contributed by atoms with Crippen molar-refractivity contribution in [3.8, 4) is 0 Å². The summed E-state index contributed by atoms with van der Waals surface area (Å²) in [5, 5.41) is 7.36. The van der Waals surface area contributed by atoms with Gasteiger partial charge in [-0.25, -0.2) is 5.41 Å². The van der Waals surface area contributed by atoms with Gasteiger partial charge in [0.15, 0.2) is 0 Å². The zero-order valence-electron chi connectivity index (χ0n) is 14.7. The number of thiocarbonyl (C=S) groups is 1. The van der Waals surface area contributed by atoms with Crippen molar-refractivity contribution < 1.29 is 0 Å². The zero-order chi connectivity index (χ0) is 16.8. The molecule has 1 N–H and O–H groups in total. The van der Waals surface area contributed by atoms with Gasteiger partial charge in [0.05, 0.1) is 5.16 Å². The van der Waals surface area contributed by atoms with Crippen molar-refractivity contribution in [2.24, 2.45) is 5.92 Å². The second kappa shape index (κ2) is 13.5. The third-order valence-electron chi connectivity index (χ3n) is 5.08. The molecule has 1 aliphatic rings. The van der Waals surface area contributed by atoms with Crippen molar-refractivity contribution in [3.05, 3.63) is 35.9 Å². The van der Waals surface area contributed by atoms with Gasteiger partial charge in [-0.05, 0) is 55.3 Å². The SMILES string of the molecule is CCCCCCCCC1CCC(c2ccccc2)CC1.N=C=S. The summed E-state index contributed by atoms with van der Waals surface area (Å²) in [6.45, 7) is 2.30. The van der Waals surface area contributed by atoms with Crippen molar-refractivity contribution in [1.82, 2.24) is 0 Å². The Hall–Kier alpha value is -0.980. The summed E-state index contributed by atoms with van der Waals surface area (Å²) >= 11 is 3.81. The van der Waals surface area contributed by atoms with E-state index in [9.17, 15) is 0 Å². The highest BCUT2D eigenvalue weighted by Crippen LogP contribution is 2.37. The molecule has 0 heterocycles. The second-order valence-electron chi connectivity index (χ2n) is 6.79. The van der Waals surface area contributed by atoms with Gasteiger partial charge in [0.1, 0.15) is 0 Å². The van der Waals surface area contributed by atoms with Crippen LogP contribution in [0.1, 0.15) is 89.0 Å². The second-order valence-corrected chi connectivity index (χ2v) is 6.99. The van der Waals surface area contributed by atoms with Gasteiger partial charge in [-0.15, -0.1) is 0 Å². The molecule has 1 saturated carbocycles. The molecule has 23 heavy (non-hydrogen) atoms. The first-order valence-electron chi connectivity index (χ1n) is 9.40. The van der Waals surface area contributed by atoms with Crippen LogP contribution in [0.15, 0.2) is 30.3 Å². The lowest BCUT2D eigenvalue weighted by Gasteiger charge is -2.28. The summed E-state index contributed by atoms with van der Waals surface area (Å²) in [5.74, 6) is 1.87. The van der Waals surface area contributed by atoms with Gasteiger partial charge in [0.2, 0.25) is 0 Å². The number of hydrogen-bond acceptors (Lipinski definition) is 2. The lowest BCUT2D eigenvalue weighted by atomic mass is 9.77. The number of hydrogen-bond donors (Lipinski definition) is 1. The number of isothiocyanates is 1. The van der Waals surface area contributed by atoms with Crippen LogP contribution in [0.2, 0.25) is 0 Å². The first-order valence-corrected chi connectivity index (χ1v) is 9.81. The van der Waals surface area contributed by atoms with E-state index < -0.39 is 0 Å². The van der Waals surface area contributed by atoms with Crippen LogP contribution < -0.4 is 0 Å². The van der Waals surface area contributed by atoms with E-state index in [0.29, 0.717) is 0 Å². The van der Waals surface area contributed by atoms with E-state index in [4.69, 9.17) is 5.41 Å². The van der Waals surface area contributed by atoms with E-state index in [-0.39, 0.29) is 0 Å². The van der Waals surface area contributed by atoms with Crippen LogP contribution in [-0.2, 0) is 0 Å². The average molecular weight is 332 g/mol. The molecule has 128 valence electrons. The highest BCUT2D eigenvalue weighted by Gasteiger charge is 2.21. The number of rotatable bonds is 8. The summed E-state index contributed by atoms with van der Waals surface area (Å²) in [5.41, 5.74) is 1.57. The molecule has 2 rings (SSSR count). The minimum Gasteiger partial charge on any atom is -0.248 e. The van der Waals surface area contributed by atoms with Gasteiger partial charge >= 0.3 is 0 Å². The zero-order valence-corrected chi connectivity index (χ0v) is 15.5. The Morgan fingerprint density at radius 1 is 0.957 bits per heavy atom. The van der Waals surface area contributed by atoms with Crippen LogP contribution in [0.25, 0.3) is 0 Å². The molecule has 0 aromatic heterocycles. The van der Waals surface area contributed by atoms with Gasteiger partial charge in [-0.1, -0.05) is 82.2 Å².